The van der Waals surface area contributed by atoms with Crippen LogP contribution >= 0.6 is 23.2 Å². The predicted octanol–water partition coefficient (Wildman–Crippen LogP) is 2.18. The summed E-state index contributed by atoms with van der Waals surface area (Å²) in [6.07, 6.45) is -0.208. The van der Waals surface area contributed by atoms with Gasteiger partial charge in [0.1, 0.15) is 6.04 Å². The number of hydrogen-bond donors (Lipinski definition) is 1. The molecule has 1 aromatic carbocycles. The molecule has 0 aliphatic carbocycles. The fraction of sp³-hybridized carbons (Fsp3) is 0.250. The minimum Gasteiger partial charge on any atom is -0.467 e. The summed E-state index contributed by atoms with van der Waals surface area (Å²) >= 11 is 11.7. The lowest BCUT2D eigenvalue weighted by molar-refractivity contribution is -0.142. The van der Waals surface area contributed by atoms with Gasteiger partial charge in [0.05, 0.1) is 35.2 Å². The minimum atomic E-state index is -1.06. The molecule has 5 nitrogen and oxygen atoms in total. The summed E-state index contributed by atoms with van der Waals surface area (Å²) in [5.41, 5.74) is 0.0534. The molecule has 0 bridgehead atoms. The molecule has 0 heterocycles. The van der Waals surface area contributed by atoms with E-state index in [9.17, 15) is 9.59 Å². The number of halogens is 2. The van der Waals surface area contributed by atoms with Crippen molar-refractivity contribution in [2.75, 3.05) is 7.11 Å². The number of esters is 1. The van der Waals surface area contributed by atoms with Crippen molar-refractivity contribution in [3.8, 4) is 6.07 Å². The number of nitriles is 1. The van der Waals surface area contributed by atoms with Gasteiger partial charge in [0, 0.05) is 0 Å². The third kappa shape index (κ3) is 3.85. The van der Waals surface area contributed by atoms with Gasteiger partial charge < -0.3 is 10.1 Å². The van der Waals surface area contributed by atoms with E-state index in [4.69, 9.17) is 28.5 Å². The molecule has 0 aliphatic rings. The Hall–Kier alpha value is -1.77. The molecule has 0 fully saturated rings. The van der Waals surface area contributed by atoms with E-state index in [1.165, 1.54) is 19.2 Å². The molecule has 7 heteroatoms. The zero-order valence-corrected chi connectivity index (χ0v) is 11.5. The first-order valence-corrected chi connectivity index (χ1v) is 5.96. The second kappa shape index (κ2) is 6.98. The average molecular weight is 301 g/mol. The van der Waals surface area contributed by atoms with Gasteiger partial charge in [0.2, 0.25) is 0 Å². The fourth-order valence-electron chi connectivity index (χ4n) is 1.37. The van der Waals surface area contributed by atoms with Gasteiger partial charge in [-0.25, -0.2) is 4.79 Å². The first-order valence-electron chi connectivity index (χ1n) is 5.21. The van der Waals surface area contributed by atoms with Crippen molar-refractivity contribution < 1.29 is 14.3 Å². The molecule has 0 spiro atoms. The number of ether oxygens (including phenoxy) is 1. The predicted molar refractivity (Wildman–Crippen MR) is 70.0 cm³/mol. The molecule has 1 atom stereocenters. The van der Waals surface area contributed by atoms with E-state index in [0.29, 0.717) is 0 Å². The number of nitrogens with one attached hydrogen (secondary N) is 1. The summed E-state index contributed by atoms with van der Waals surface area (Å²) in [7, 11) is 1.17. The molecule has 0 aliphatic heterocycles. The number of methoxy groups -OCH3 is 1. The molecular weight excluding hydrogens is 291 g/mol. The van der Waals surface area contributed by atoms with Crippen molar-refractivity contribution in [1.29, 1.82) is 5.26 Å². The van der Waals surface area contributed by atoms with Gasteiger partial charge in [-0.3, -0.25) is 4.79 Å². The molecule has 1 aromatic rings. The molecule has 1 rings (SSSR count). The van der Waals surface area contributed by atoms with Crippen LogP contribution in [0.25, 0.3) is 0 Å². The van der Waals surface area contributed by atoms with Gasteiger partial charge >= 0.3 is 5.97 Å². The van der Waals surface area contributed by atoms with E-state index in [1.807, 2.05) is 0 Å². The summed E-state index contributed by atoms with van der Waals surface area (Å²) in [4.78, 5) is 23.4. The van der Waals surface area contributed by atoms with Crippen LogP contribution in [0, 0.1) is 11.3 Å². The van der Waals surface area contributed by atoms with Gasteiger partial charge in [-0.1, -0.05) is 29.3 Å². The zero-order valence-electron chi connectivity index (χ0n) is 9.94. The van der Waals surface area contributed by atoms with Crippen LogP contribution in [0.3, 0.4) is 0 Å². The van der Waals surface area contributed by atoms with Crippen molar-refractivity contribution in [2.24, 2.45) is 0 Å². The van der Waals surface area contributed by atoms with E-state index in [-0.39, 0.29) is 22.0 Å². The Bertz CT molecular complexity index is 520. The van der Waals surface area contributed by atoms with Gasteiger partial charge in [0.15, 0.2) is 0 Å². The molecular formula is C12H10Cl2N2O3. The number of rotatable bonds is 4. The van der Waals surface area contributed by atoms with E-state index in [0.717, 1.165) is 0 Å². The highest BCUT2D eigenvalue weighted by atomic mass is 35.5. The largest absolute Gasteiger partial charge is 0.467 e. The molecule has 0 aromatic heterocycles. The van der Waals surface area contributed by atoms with Crippen molar-refractivity contribution in [3.05, 3.63) is 33.8 Å². The third-order valence-corrected chi connectivity index (χ3v) is 2.91. The molecule has 0 unspecified atom stereocenters. The molecule has 19 heavy (non-hydrogen) atoms. The smallest absolute Gasteiger partial charge is 0.329 e. The maximum Gasteiger partial charge on any atom is 0.329 e. The molecule has 0 saturated heterocycles. The van der Waals surface area contributed by atoms with Gasteiger partial charge in [-0.15, -0.1) is 0 Å². The van der Waals surface area contributed by atoms with Gasteiger partial charge in [-0.05, 0) is 12.1 Å². The van der Waals surface area contributed by atoms with Crippen LogP contribution in [-0.4, -0.2) is 25.0 Å². The molecule has 0 saturated carbocycles. The van der Waals surface area contributed by atoms with Crippen LogP contribution in [0.1, 0.15) is 16.8 Å². The number of hydrogen-bond acceptors (Lipinski definition) is 4. The van der Waals surface area contributed by atoms with Crippen LogP contribution in [-0.2, 0) is 9.53 Å². The van der Waals surface area contributed by atoms with E-state index in [2.05, 4.69) is 10.1 Å². The second-order valence-corrected chi connectivity index (χ2v) is 4.32. The standard InChI is InChI=1S/C12H10Cl2N2O3/c1-19-12(18)9(5-6-15)16-11(17)10-7(13)3-2-4-8(10)14/h2-4,9H,5H2,1H3,(H,16,17)/t9-/m0/s1. The first kappa shape index (κ1) is 15.3. The summed E-state index contributed by atoms with van der Waals surface area (Å²) in [5.74, 6) is -1.35. The molecule has 1 amide bonds. The third-order valence-electron chi connectivity index (χ3n) is 2.28. The highest BCUT2D eigenvalue weighted by molar-refractivity contribution is 6.39. The fourth-order valence-corrected chi connectivity index (χ4v) is 1.94. The van der Waals surface area contributed by atoms with Crippen LogP contribution < -0.4 is 5.32 Å². The zero-order chi connectivity index (χ0) is 14.4. The number of benzene rings is 1. The molecule has 100 valence electrons. The Labute approximate surface area is 120 Å². The SMILES string of the molecule is COC(=O)[C@H](CC#N)NC(=O)c1c(Cl)cccc1Cl. The number of carbonyl (C=O) groups is 2. The lowest BCUT2D eigenvalue weighted by Gasteiger charge is -2.14. The van der Waals surface area contributed by atoms with Crippen LogP contribution in [0.4, 0.5) is 0 Å². The summed E-state index contributed by atoms with van der Waals surface area (Å²) in [6.45, 7) is 0. The number of carbonyl (C=O) groups excluding carboxylic acids is 2. The number of amides is 1. The van der Waals surface area contributed by atoms with Crippen molar-refractivity contribution in [3.63, 3.8) is 0 Å². The Morgan fingerprint density at radius 2 is 2.00 bits per heavy atom. The van der Waals surface area contributed by atoms with Crippen LogP contribution in [0.5, 0.6) is 0 Å². The van der Waals surface area contributed by atoms with Crippen molar-refractivity contribution in [1.82, 2.24) is 5.32 Å². The summed E-state index contributed by atoms with van der Waals surface area (Å²) in [6, 6.07) is 5.32. The lowest BCUT2D eigenvalue weighted by atomic mass is 10.1. The lowest BCUT2D eigenvalue weighted by Crippen LogP contribution is -2.41. The Balaban J connectivity index is 2.95. The van der Waals surface area contributed by atoms with Crippen molar-refractivity contribution in [2.45, 2.75) is 12.5 Å². The minimum absolute atomic E-state index is 0.0534. The Morgan fingerprint density at radius 1 is 1.42 bits per heavy atom. The monoisotopic (exact) mass is 300 g/mol. The maximum atomic E-state index is 12.0. The topological polar surface area (TPSA) is 79.2 Å². The van der Waals surface area contributed by atoms with Crippen LogP contribution in [0.2, 0.25) is 10.0 Å². The highest BCUT2D eigenvalue weighted by Gasteiger charge is 2.24. The molecule has 0 radical (unpaired) electrons. The average Bonchev–Trinajstić information content (AvgIpc) is 2.37. The summed E-state index contributed by atoms with van der Waals surface area (Å²) in [5, 5.41) is 11.3. The Morgan fingerprint density at radius 3 is 2.47 bits per heavy atom. The molecule has 1 N–H and O–H groups in total. The van der Waals surface area contributed by atoms with E-state index < -0.39 is 17.9 Å². The van der Waals surface area contributed by atoms with Crippen molar-refractivity contribution >= 4 is 35.1 Å². The van der Waals surface area contributed by atoms with E-state index >= 15 is 0 Å². The highest BCUT2D eigenvalue weighted by Crippen LogP contribution is 2.24. The first-order chi connectivity index (χ1) is 9.01. The normalized spacial score (nSPS) is 11.3. The van der Waals surface area contributed by atoms with Gasteiger partial charge in [-0.2, -0.15) is 5.26 Å². The number of nitrogens with zero attached hydrogens (tertiary/aromatic N) is 1. The summed E-state index contributed by atoms with van der Waals surface area (Å²) < 4.78 is 4.49. The Kier molecular flexibility index (Phi) is 5.61. The van der Waals surface area contributed by atoms with Crippen LogP contribution in [0.15, 0.2) is 18.2 Å². The maximum absolute atomic E-state index is 12.0. The quantitative estimate of drug-likeness (QED) is 0.864. The second-order valence-electron chi connectivity index (χ2n) is 3.51. The van der Waals surface area contributed by atoms with Gasteiger partial charge in [0.25, 0.3) is 5.91 Å². The van der Waals surface area contributed by atoms with E-state index in [1.54, 1.807) is 12.1 Å².